The number of amides is 1. The minimum Gasteiger partial charge on any atom is -0.487 e. The highest BCUT2D eigenvalue weighted by Gasteiger charge is 2.27. The summed E-state index contributed by atoms with van der Waals surface area (Å²) in [7, 11) is 0. The van der Waals surface area contributed by atoms with Crippen molar-refractivity contribution >= 4 is 11.7 Å². The quantitative estimate of drug-likeness (QED) is 0.582. The van der Waals surface area contributed by atoms with E-state index < -0.39 is 5.82 Å². The van der Waals surface area contributed by atoms with Gasteiger partial charge in [0, 0.05) is 42.1 Å². The lowest BCUT2D eigenvalue weighted by Crippen LogP contribution is -2.34. The fourth-order valence-electron chi connectivity index (χ4n) is 3.54. The number of aromatic nitrogens is 1. The van der Waals surface area contributed by atoms with Gasteiger partial charge >= 0.3 is 0 Å². The minimum atomic E-state index is -0.419. The van der Waals surface area contributed by atoms with Gasteiger partial charge in [-0.25, -0.2) is 8.78 Å². The zero-order valence-electron chi connectivity index (χ0n) is 16.6. The van der Waals surface area contributed by atoms with Crippen LogP contribution in [0.2, 0.25) is 0 Å². The molecule has 0 radical (unpaired) electrons. The summed E-state index contributed by atoms with van der Waals surface area (Å²) >= 11 is 0. The number of pyridine rings is 1. The molecule has 5 nitrogen and oxygen atoms in total. The molecule has 1 N–H and O–H groups in total. The van der Waals surface area contributed by atoms with E-state index in [2.05, 4.69) is 10.3 Å². The minimum absolute atomic E-state index is 0.0176. The SMILES string of the molecule is O=C(CCC(=O)c1ccc(F)cc1)NCC1Cc2cc(F)cc(-c3ccccn3)c2O1. The van der Waals surface area contributed by atoms with Crippen LogP contribution in [0.25, 0.3) is 11.3 Å². The first-order valence-corrected chi connectivity index (χ1v) is 9.95. The highest BCUT2D eigenvalue weighted by Crippen LogP contribution is 2.38. The largest absolute Gasteiger partial charge is 0.487 e. The van der Waals surface area contributed by atoms with Gasteiger partial charge in [0.1, 0.15) is 23.5 Å². The smallest absolute Gasteiger partial charge is 0.220 e. The van der Waals surface area contributed by atoms with Crippen molar-refractivity contribution in [2.75, 3.05) is 6.54 Å². The third-order valence-electron chi connectivity index (χ3n) is 5.08. The number of ether oxygens (including phenoxy) is 1. The number of benzene rings is 2. The third-order valence-corrected chi connectivity index (χ3v) is 5.08. The van der Waals surface area contributed by atoms with Gasteiger partial charge in [-0.3, -0.25) is 14.6 Å². The van der Waals surface area contributed by atoms with Gasteiger partial charge < -0.3 is 10.1 Å². The molecule has 1 aromatic heterocycles. The standard InChI is InChI=1S/C24H20F2N2O3/c25-17-6-4-15(5-7-17)22(29)8-9-23(30)28-14-19-12-16-11-18(26)13-20(24(16)31-19)21-3-1-2-10-27-21/h1-7,10-11,13,19H,8-9,12,14H2,(H,28,30). The number of nitrogens with one attached hydrogen (secondary N) is 1. The van der Waals surface area contributed by atoms with E-state index in [1.54, 1.807) is 18.3 Å². The molecule has 0 bridgehead atoms. The summed E-state index contributed by atoms with van der Waals surface area (Å²) < 4.78 is 33.0. The first kappa shape index (κ1) is 20.7. The Bertz CT molecular complexity index is 1100. The number of ketones is 1. The molecule has 7 heteroatoms. The summed E-state index contributed by atoms with van der Waals surface area (Å²) in [6, 6.07) is 13.4. The Morgan fingerprint density at radius 2 is 1.84 bits per heavy atom. The second kappa shape index (κ2) is 9.04. The van der Waals surface area contributed by atoms with Gasteiger partial charge in [0.2, 0.25) is 5.91 Å². The van der Waals surface area contributed by atoms with Crippen LogP contribution in [0.3, 0.4) is 0 Å². The lowest BCUT2D eigenvalue weighted by molar-refractivity contribution is -0.121. The summed E-state index contributed by atoms with van der Waals surface area (Å²) in [5.41, 5.74) is 2.29. The summed E-state index contributed by atoms with van der Waals surface area (Å²) in [5.74, 6) is -0.725. The lowest BCUT2D eigenvalue weighted by atomic mass is 10.0. The van der Waals surface area contributed by atoms with Crippen LogP contribution in [0.15, 0.2) is 60.8 Å². The molecule has 0 saturated carbocycles. The molecule has 0 aliphatic carbocycles. The molecule has 1 atom stereocenters. The number of carbonyl (C=O) groups excluding carboxylic acids is 2. The highest BCUT2D eigenvalue weighted by molar-refractivity contribution is 5.97. The summed E-state index contributed by atoms with van der Waals surface area (Å²) in [5, 5.41) is 2.76. The number of Topliss-reactive ketones (excluding diaryl/α,β-unsaturated/α-hetero) is 1. The molecule has 158 valence electrons. The molecule has 1 unspecified atom stereocenters. The summed E-state index contributed by atoms with van der Waals surface area (Å²) in [6.07, 6.45) is 1.80. The van der Waals surface area contributed by atoms with Gasteiger partial charge in [-0.05, 0) is 48.5 Å². The maximum absolute atomic E-state index is 14.1. The Labute approximate surface area is 178 Å². The summed E-state index contributed by atoms with van der Waals surface area (Å²) in [6.45, 7) is 0.238. The number of rotatable bonds is 7. The van der Waals surface area contributed by atoms with Gasteiger partial charge in [0.05, 0.1) is 12.2 Å². The summed E-state index contributed by atoms with van der Waals surface area (Å²) in [4.78, 5) is 28.5. The first-order valence-electron chi connectivity index (χ1n) is 9.95. The van der Waals surface area contributed by atoms with Crippen molar-refractivity contribution in [1.82, 2.24) is 10.3 Å². The van der Waals surface area contributed by atoms with Gasteiger partial charge in [-0.1, -0.05) is 6.07 Å². The number of hydrogen-bond acceptors (Lipinski definition) is 4. The monoisotopic (exact) mass is 422 g/mol. The molecule has 31 heavy (non-hydrogen) atoms. The molecule has 4 rings (SSSR count). The van der Waals surface area contributed by atoms with Crippen molar-refractivity contribution < 1.29 is 23.1 Å². The first-order chi connectivity index (χ1) is 15.0. The molecule has 0 saturated heterocycles. The predicted octanol–water partition coefficient (Wildman–Crippen LogP) is 4.11. The molecule has 2 heterocycles. The van der Waals surface area contributed by atoms with Crippen LogP contribution in [0.1, 0.15) is 28.8 Å². The van der Waals surface area contributed by atoms with Crippen LogP contribution < -0.4 is 10.1 Å². The maximum atomic E-state index is 14.1. The lowest BCUT2D eigenvalue weighted by Gasteiger charge is -2.13. The second-order valence-electron chi connectivity index (χ2n) is 7.33. The zero-order valence-corrected chi connectivity index (χ0v) is 16.6. The van der Waals surface area contributed by atoms with E-state index in [0.717, 1.165) is 5.56 Å². The zero-order chi connectivity index (χ0) is 21.8. The number of hydrogen-bond donors (Lipinski definition) is 1. The Morgan fingerprint density at radius 1 is 1.03 bits per heavy atom. The Morgan fingerprint density at radius 3 is 2.58 bits per heavy atom. The van der Waals surface area contributed by atoms with Crippen molar-refractivity contribution in [2.24, 2.45) is 0 Å². The van der Waals surface area contributed by atoms with Crippen LogP contribution in [0.4, 0.5) is 8.78 Å². The van der Waals surface area contributed by atoms with Crippen LogP contribution >= 0.6 is 0 Å². The number of nitrogens with zero attached hydrogens (tertiary/aromatic N) is 1. The van der Waals surface area contributed by atoms with Crippen LogP contribution in [-0.2, 0) is 11.2 Å². The Hall–Kier alpha value is -3.61. The van der Waals surface area contributed by atoms with Crippen molar-refractivity contribution in [2.45, 2.75) is 25.4 Å². The van der Waals surface area contributed by atoms with E-state index in [4.69, 9.17) is 4.74 Å². The van der Waals surface area contributed by atoms with E-state index in [-0.39, 0.29) is 43.0 Å². The van der Waals surface area contributed by atoms with Crippen LogP contribution in [0.5, 0.6) is 5.75 Å². The topological polar surface area (TPSA) is 68.3 Å². The van der Waals surface area contributed by atoms with E-state index in [1.807, 2.05) is 6.07 Å². The number of carbonyl (C=O) groups is 2. The number of fused-ring (bicyclic) bond motifs is 1. The molecule has 1 aliphatic rings. The molecule has 1 aliphatic heterocycles. The van der Waals surface area contributed by atoms with Crippen molar-refractivity contribution in [3.8, 4) is 17.0 Å². The van der Waals surface area contributed by atoms with Crippen molar-refractivity contribution in [3.63, 3.8) is 0 Å². The molecule has 1 amide bonds. The molecule has 2 aromatic carbocycles. The second-order valence-corrected chi connectivity index (χ2v) is 7.33. The van der Waals surface area contributed by atoms with Gasteiger partial charge in [0.25, 0.3) is 0 Å². The molecular weight excluding hydrogens is 402 g/mol. The van der Waals surface area contributed by atoms with E-state index in [1.165, 1.54) is 36.4 Å². The van der Waals surface area contributed by atoms with Crippen LogP contribution in [-0.4, -0.2) is 29.3 Å². The number of halogens is 2. The van der Waals surface area contributed by atoms with E-state index >= 15 is 0 Å². The van der Waals surface area contributed by atoms with Crippen molar-refractivity contribution in [3.05, 3.63) is 83.6 Å². The fraction of sp³-hybridized carbons (Fsp3) is 0.208. The van der Waals surface area contributed by atoms with E-state index in [9.17, 15) is 18.4 Å². The Kier molecular flexibility index (Phi) is 6.02. The molecule has 0 spiro atoms. The molecule has 3 aromatic rings. The predicted molar refractivity (Wildman–Crippen MR) is 111 cm³/mol. The van der Waals surface area contributed by atoms with Crippen LogP contribution in [0, 0.1) is 11.6 Å². The average molecular weight is 422 g/mol. The highest BCUT2D eigenvalue weighted by atomic mass is 19.1. The maximum Gasteiger partial charge on any atom is 0.220 e. The van der Waals surface area contributed by atoms with Gasteiger partial charge in [-0.2, -0.15) is 0 Å². The fourth-order valence-corrected chi connectivity index (χ4v) is 3.54. The normalized spacial score (nSPS) is 14.6. The van der Waals surface area contributed by atoms with Gasteiger partial charge in [0.15, 0.2) is 5.78 Å². The molecule has 0 fully saturated rings. The van der Waals surface area contributed by atoms with Crippen molar-refractivity contribution in [1.29, 1.82) is 0 Å². The molecular formula is C24H20F2N2O3. The third kappa shape index (κ3) is 4.94. The Balaban J connectivity index is 1.32. The average Bonchev–Trinajstić information content (AvgIpc) is 3.19. The van der Waals surface area contributed by atoms with Gasteiger partial charge in [-0.15, -0.1) is 0 Å². The van der Waals surface area contributed by atoms with E-state index in [0.29, 0.717) is 29.0 Å².